The summed E-state index contributed by atoms with van der Waals surface area (Å²) in [5.41, 5.74) is 0. The highest BCUT2D eigenvalue weighted by Gasteiger charge is 2.47. The minimum absolute atomic E-state index is 0.0709. The molecule has 1 aliphatic heterocycles. The predicted octanol–water partition coefficient (Wildman–Crippen LogP) is 1.18. The van der Waals surface area contributed by atoms with Crippen LogP contribution in [-0.4, -0.2) is 60.4 Å². The Morgan fingerprint density at radius 3 is 2.67 bits per heavy atom. The Balaban J connectivity index is 1.74. The summed E-state index contributed by atoms with van der Waals surface area (Å²) in [6, 6.07) is 7.19. The average Bonchev–Trinajstić information content (AvgIpc) is 3.16. The normalized spacial score (nSPS) is 30.3. The first-order valence-electron chi connectivity index (χ1n) is 8.58. The largest absolute Gasteiger partial charge is 0.497 e. The minimum Gasteiger partial charge on any atom is -0.497 e. The number of rotatable bonds is 5. The lowest BCUT2D eigenvalue weighted by molar-refractivity contribution is -0.120. The van der Waals surface area contributed by atoms with Crippen molar-refractivity contribution in [2.45, 2.75) is 50.5 Å². The van der Waals surface area contributed by atoms with Gasteiger partial charge in [0.15, 0.2) is 0 Å². The molecule has 132 valence electrons. The highest BCUT2D eigenvalue weighted by atomic mass is 16.5. The summed E-state index contributed by atoms with van der Waals surface area (Å²) in [7, 11) is 1.61. The number of methoxy groups -OCH3 is 1. The Bertz CT molecular complexity index is 574. The van der Waals surface area contributed by atoms with Crippen molar-refractivity contribution in [3.8, 4) is 11.5 Å². The van der Waals surface area contributed by atoms with E-state index in [2.05, 4.69) is 10.2 Å². The molecule has 1 heterocycles. The predicted molar refractivity (Wildman–Crippen MR) is 90.2 cm³/mol. The summed E-state index contributed by atoms with van der Waals surface area (Å²) in [6.07, 6.45) is 1.89. The second-order valence-corrected chi connectivity index (χ2v) is 6.60. The van der Waals surface area contributed by atoms with Gasteiger partial charge in [0.25, 0.3) is 0 Å². The molecule has 0 bridgehead atoms. The third kappa shape index (κ3) is 3.65. The fourth-order valence-corrected chi connectivity index (χ4v) is 3.87. The maximum atomic E-state index is 11.5. The van der Waals surface area contributed by atoms with Crippen LogP contribution in [0, 0.1) is 0 Å². The zero-order valence-corrected chi connectivity index (χ0v) is 14.3. The monoisotopic (exact) mass is 334 g/mol. The van der Waals surface area contributed by atoms with Crippen LogP contribution in [0.25, 0.3) is 0 Å². The van der Waals surface area contributed by atoms with Crippen LogP contribution in [0.1, 0.15) is 26.2 Å². The van der Waals surface area contributed by atoms with E-state index in [9.17, 15) is 9.90 Å². The summed E-state index contributed by atoms with van der Waals surface area (Å²) in [4.78, 5) is 13.8. The molecule has 1 aromatic carbocycles. The number of ether oxygens (including phenoxy) is 2. The quantitative estimate of drug-likeness (QED) is 0.846. The van der Waals surface area contributed by atoms with E-state index in [0.29, 0.717) is 12.2 Å². The molecule has 1 amide bonds. The molecule has 2 N–H and O–H groups in total. The van der Waals surface area contributed by atoms with Crippen molar-refractivity contribution in [3.05, 3.63) is 24.3 Å². The highest BCUT2D eigenvalue weighted by Crippen LogP contribution is 2.32. The number of aliphatic hydroxyl groups excluding tert-OH is 1. The first kappa shape index (κ1) is 17.0. The van der Waals surface area contributed by atoms with Gasteiger partial charge in [-0.2, -0.15) is 0 Å². The maximum Gasteiger partial charge on any atom is 0.217 e. The van der Waals surface area contributed by atoms with Crippen LogP contribution < -0.4 is 14.8 Å². The van der Waals surface area contributed by atoms with E-state index in [1.807, 2.05) is 24.3 Å². The second kappa shape index (κ2) is 7.40. The van der Waals surface area contributed by atoms with Crippen molar-refractivity contribution in [1.82, 2.24) is 10.2 Å². The Kier molecular flexibility index (Phi) is 5.26. The molecule has 4 atom stereocenters. The molecule has 0 spiro atoms. The standard InChI is InChI=1S/C18H26N2O4/c1-12(21)19-15-11-16(18(22)17(15)20-8-3-4-9-20)24-14-7-5-6-13(10-14)23-2/h5-7,10,15-18,22H,3-4,8-9,11H2,1-2H3,(H,19,21)/t15-,16-,17+,18+/m1/s1. The molecule has 24 heavy (non-hydrogen) atoms. The van der Waals surface area contributed by atoms with Crippen molar-refractivity contribution in [3.63, 3.8) is 0 Å². The number of benzene rings is 1. The molecule has 3 rings (SSSR count). The summed E-state index contributed by atoms with van der Waals surface area (Å²) in [5, 5.41) is 13.8. The third-order valence-corrected chi connectivity index (χ3v) is 4.91. The number of amides is 1. The molecule has 1 aromatic rings. The number of nitrogens with zero attached hydrogens (tertiary/aromatic N) is 1. The minimum atomic E-state index is -0.633. The van der Waals surface area contributed by atoms with Crippen molar-refractivity contribution in [2.24, 2.45) is 0 Å². The van der Waals surface area contributed by atoms with E-state index in [0.717, 1.165) is 31.7 Å². The Labute approximate surface area is 142 Å². The van der Waals surface area contributed by atoms with Gasteiger partial charge in [0.1, 0.15) is 23.7 Å². The molecule has 1 saturated heterocycles. The number of hydrogen-bond acceptors (Lipinski definition) is 5. The topological polar surface area (TPSA) is 71.0 Å². The smallest absolute Gasteiger partial charge is 0.217 e. The van der Waals surface area contributed by atoms with E-state index in [4.69, 9.17) is 9.47 Å². The lowest BCUT2D eigenvalue weighted by Crippen LogP contribution is -2.52. The van der Waals surface area contributed by atoms with Crippen molar-refractivity contribution < 1.29 is 19.4 Å². The van der Waals surface area contributed by atoms with Crippen LogP contribution in [-0.2, 0) is 4.79 Å². The van der Waals surface area contributed by atoms with Gasteiger partial charge in [-0.3, -0.25) is 9.69 Å². The van der Waals surface area contributed by atoms with E-state index in [1.54, 1.807) is 7.11 Å². The van der Waals surface area contributed by atoms with E-state index >= 15 is 0 Å². The molecule has 0 aromatic heterocycles. The number of carbonyl (C=O) groups is 1. The van der Waals surface area contributed by atoms with Gasteiger partial charge in [-0.25, -0.2) is 0 Å². The first-order chi connectivity index (χ1) is 11.6. The molecule has 0 unspecified atom stereocenters. The van der Waals surface area contributed by atoms with Crippen LogP contribution >= 0.6 is 0 Å². The van der Waals surface area contributed by atoms with Crippen LogP contribution in [0.3, 0.4) is 0 Å². The van der Waals surface area contributed by atoms with Gasteiger partial charge < -0.3 is 19.9 Å². The van der Waals surface area contributed by atoms with Gasteiger partial charge in [-0.1, -0.05) is 6.07 Å². The van der Waals surface area contributed by atoms with Crippen LogP contribution in [0.2, 0.25) is 0 Å². The molecule has 2 fully saturated rings. The van der Waals surface area contributed by atoms with Crippen LogP contribution in [0.4, 0.5) is 0 Å². The Morgan fingerprint density at radius 1 is 1.29 bits per heavy atom. The van der Waals surface area contributed by atoms with Crippen molar-refractivity contribution in [1.29, 1.82) is 0 Å². The van der Waals surface area contributed by atoms with Gasteiger partial charge in [0, 0.05) is 19.4 Å². The molecule has 2 aliphatic rings. The number of likely N-dealkylation sites (tertiary alicyclic amines) is 1. The molecule has 6 nitrogen and oxygen atoms in total. The molecular formula is C18H26N2O4. The SMILES string of the molecule is COc1cccc(O[C@@H]2C[C@@H](NC(C)=O)[C@H](N3CCCC3)[C@H]2O)c1. The lowest BCUT2D eigenvalue weighted by Gasteiger charge is -2.31. The van der Waals surface area contributed by atoms with Gasteiger partial charge in [-0.05, 0) is 38.1 Å². The molecule has 1 aliphatic carbocycles. The van der Waals surface area contributed by atoms with Gasteiger partial charge in [0.05, 0.1) is 19.2 Å². The number of hydrogen-bond donors (Lipinski definition) is 2. The maximum absolute atomic E-state index is 11.5. The van der Waals surface area contributed by atoms with Crippen molar-refractivity contribution in [2.75, 3.05) is 20.2 Å². The summed E-state index contributed by atoms with van der Waals surface area (Å²) in [6.45, 7) is 3.44. The number of carbonyl (C=O) groups excluding carboxylic acids is 1. The second-order valence-electron chi connectivity index (χ2n) is 6.60. The Hall–Kier alpha value is -1.79. The van der Waals surface area contributed by atoms with Gasteiger partial charge in [-0.15, -0.1) is 0 Å². The molecule has 0 radical (unpaired) electrons. The molecule has 6 heteroatoms. The number of nitrogens with one attached hydrogen (secondary N) is 1. The van der Waals surface area contributed by atoms with E-state index < -0.39 is 6.10 Å². The third-order valence-electron chi connectivity index (χ3n) is 4.91. The van der Waals surface area contributed by atoms with Crippen LogP contribution in [0.5, 0.6) is 11.5 Å². The molecular weight excluding hydrogens is 308 g/mol. The summed E-state index contributed by atoms with van der Waals surface area (Å²) >= 11 is 0. The van der Waals surface area contributed by atoms with Crippen molar-refractivity contribution >= 4 is 5.91 Å². The van der Waals surface area contributed by atoms with Gasteiger partial charge >= 0.3 is 0 Å². The van der Waals surface area contributed by atoms with E-state index in [1.165, 1.54) is 6.92 Å². The summed E-state index contributed by atoms with van der Waals surface area (Å²) in [5.74, 6) is 1.31. The lowest BCUT2D eigenvalue weighted by atomic mass is 10.1. The fraction of sp³-hybridized carbons (Fsp3) is 0.611. The number of aliphatic hydroxyl groups is 1. The average molecular weight is 334 g/mol. The van der Waals surface area contributed by atoms with Gasteiger partial charge in [0.2, 0.25) is 5.91 Å². The van der Waals surface area contributed by atoms with E-state index in [-0.39, 0.29) is 24.1 Å². The Morgan fingerprint density at radius 2 is 2.00 bits per heavy atom. The zero-order valence-electron chi connectivity index (χ0n) is 14.3. The fourth-order valence-electron chi connectivity index (χ4n) is 3.87. The molecule has 1 saturated carbocycles. The van der Waals surface area contributed by atoms with Crippen LogP contribution in [0.15, 0.2) is 24.3 Å². The first-order valence-corrected chi connectivity index (χ1v) is 8.58. The summed E-state index contributed by atoms with van der Waals surface area (Å²) < 4.78 is 11.2. The highest BCUT2D eigenvalue weighted by molar-refractivity contribution is 5.73. The zero-order chi connectivity index (χ0) is 17.1.